The molecule has 1 rings (SSSR count). The van der Waals surface area contributed by atoms with Crippen LogP contribution in [0, 0.1) is 5.92 Å². The second-order valence-electron chi connectivity index (χ2n) is 6.23. The molecular weight excluding hydrogens is 214 g/mol. The van der Waals surface area contributed by atoms with Crippen LogP contribution in [0.3, 0.4) is 0 Å². The van der Waals surface area contributed by atoms with Gasteiger partial charge in [-0.1, -0.05) is 19.8 Å². The largest absolute Gasteiger partial charge is 0.366 e. The smallest absolute Gasteiger partial charge is 0.248 e. The molecule has 0 heterocycles. The highest BCUT2D eigenvalue weighted by Gasteiger charge is 2.28. The number of nitrogens with zero attached hydrogens (tertiary/aromatic N) is 1. The molecule has 1 fully saturated rings. The van der Waals surface area contributed by atoms with Gasteiger partial charge in [-0.15, -0.1) is 0 Å². The molecule has 3 heteroatoms. The second-order valence-corrected chi connectivity index (χ2v) is 6.23. The number of carbonyl (C=O) groups excluding carboxylic acids is 1. The van der Waals surface area contributed by atoms with Crippen molar-refractivity contribution in [2.45, 2.75) is 65.0 Å². The minimum Gasteiger partial charge on any atom is -0.366 e. The van der Waals surface area contributed by atoms with E-state index in [1.807, 2.05) is 32.7 Å². The Morgan fingerprint density at radius 1 is 1.29 bits per heavy atom. The fraction of sp³-hybridized carbons (Fsp3) is 0.929. The molecule has 1 saturated carbocycles. The molecule has 2 unspecified atom stereocenters. The molecule has 1 aliphatic rings. The zero-order valence-corrected chi connectivity index (χ0v) is 12.0. The Morgan fingerprint density at radius 2 is 1.88 bits per heavy atom. The van der Waals surface area contributed by atoms with E-state index in [1.165, 1.54) is 19.3 Å². The lowest BCUT2D eigenvalue weighted by atomic mass is 9.85. The Morgan fingerprint density at radius 3 is 2.41 bits per heavy atom. The van der Waals surface area contributed by atoms with Gasteiger partial charge in [-0.2, -0.15) is 0 Å². The van der Waals surface area contributed by atoms with Gasteiger partial charge in [-0.3, -0.25) is 4.79 Å². The summed E-state index contributed by atoms with van der Waals surface area (Å²) in [6.45, 7) is 8.37. The summed E-state index contributed by atoms with van der Waals surface area (Å²) in [6.07, 6.45) is 4.92. The zero-order valence-electron chi connectivity index (χ0n) is 12.0. The van der Waals surface area contributed by atoms with Crippen LogP contribution in [0.5, 0.6) is 0 Å². The predicted octanol–water partition coefficient (Wildman–Crippen LogP) is 2.84. The molecular formula is C14H27NO2. The Hall–Kier alpha value is -0.570. The monoisotopic (exact) mass is 241 g/mol. The molecule has 0 aromatic carbocycles. The van der Waals surface area contributed by atoms with E-state index < -0.39 is 0 Å². The van der Waals surface area contributed by atoms with E-state index in [1.54, 1.807) is 0 Å². The van der Waals surface area contributed by atoms with Crippen molar-refractivity contribution >= 4 is 5.91 Å². The number of carbonyl (C=O) groups is 1. The van der Waals surface area contributed by atoms with Gasteiger partial charge in [0, 0.05) is 13.1 Å². The quantitative estimate of drug-likeness (QED) is 0.760. The maximum Gasteiger partial charge on any atom is 0.248 e. The molecule has 100 valence electrons. The van der Waals surface area contributed by atoms with Crippen molar-refractivity contribution in [2.75, 3.05) is 13.7 Å². The van der Waals surface area contributed by atoms with Crippen LogP contribution < -0.4 is 0 Å². The molecule has 0 bridgehead atoms. The van der Waals surface area contributed by atoms with E-state index in [0.29, 0.717) is 12.0 Å². The molecule has 1 amide bonds. The Kier molecular flexibility index (Phi) is 4.99. The predicted molar refractivity (Wildman–Crippen MR) is 69.9 cm³/mol. The maximum absolute atomic E-state index is 12.0. The van der Waals surface area contributed by atoms with Crippen molar-refractivity contribution < 1.29 is 9.53 Å². The summed E-state index contributed by atoms with van der Waals surface area (Å²) in [4.78, 5) is 13.9. The van der Waals surface area contributed by atoms with Crippen molar-refractivity contribution in [3.8, 4) is 0 Å². The number of hydrogen-bond donors (Lipinski definition) is 0. The normalized spacial score (nSPS) is 25.7. The molecule has 17 heavy (non-hydrogen) atoms. The first-order valence-electron chi connectivity index (χ1n) is 6.71. The fourth-order valence-corrected chi connectivity index (χ4v) is 2.44. The molecule has 0 radical (unpaired) electrons. The molecule has 0 spiro atoms. The van der Waals surface area contributed by atoms with E-state index in [9.17, 15) is 4.79 Å². The van der Waals surface area contributed by atoms with Crippen LogP contribution in [0.2, 0.25) is 0 Å². The van der Waals surface area contributed by atoms with E-state index in [4.69, 9.17) is 4.74 Å². The Bertz CT molecular complexity index is 257. The fourth-order valence-electron chi connectivity index (χ4n) is 2.44. The molecule has 0 aromatic heterocycles. The van der Waals surface area contributed by atoms with Gasteiger partial charge in [0.2, 0.25) is 5.91 Å². The van der Waals surface area contributed by atoms with Crippen LogP contribution in [0.25, 0.3) is 0 Å². The van der Waals surface area contributed by atoms with Crippen LogP contribution in [-0.2, 0) is 9.53 Å². The van der Waals surface area contributed by atoms with Crippen molar-refractivity contribution in [3.63, 3.8) is 0 Å². The molecule has 0 saturated heterocycles. The lowest BCUT2D eigenvalue weighted by molar-refractivity contribution is -0.143. The third-order valence-electron chi connectivity index (χ3n) is 3.59. The Balaban J connectivity index is 2.45. The standard InChI is InChI=1S/C14H27NO2/c1-11-8-6-7-9-12(11)15(5)13(16)10-17-14(2,3)4/h11-12H,6-10H2,1-5H3. The van der Waals surface area contributed by atoms with Gasteiger partial charge in [0.15, 0.2) is 0 Å². The minimum absolute atomic E-state index is 0.110. The summed E-state index contributed by atoms with van der Waals surface area (Å²) in [7, 11) is 1.92. The first-order chi connectivity index (χ1) is 7.81. The second kappa shape index (κ2) is 5.85. The average molecular weight is 241 g/mol. The van der Waals surface area contributed by atoms with Gasteiger partial charge in [0.1, 0.15) is 6.61 Å². The summed E-state index contributed by atoms with van der Waals surface area (Å²) in [5, 5.41) is 0. The van der Waals surface area contributed by atoms with Gasteiger partial charge < -0.3 is 9.64 Å². The number of likely N-dealkylation sites (N-methyl/N-ethyl adjacent to an activating group) is 1. The number of hydrogen-bond acceptors (Lipinski definition) is 2. The van der Waals surface area contributed by atoms with Crippen molar-refractivity contribution in [1.82, 2.24) is 4.90 Å². The third-order valence-corrected chi connectivity index (χ3v) is 3.59. The third kappa shape index (κ3) is 4.66. The summed E-state index contributed by atoms with van der Waals surface area (Å²) in [6, 6.07) is 0.403. The molecule has 0 aliphatic heterocycles. The zero-order chi connectivity index (χ0) is 13.1. The van der Waals surface area contributed by atoms with Gasteiger partial charge in [0.05, 0.1) is 5.60 Å². The van der Waals surface area contributed by atoms with Crippen LogP contribution in [0.4, 0.5) is 0 Å². The van der Waals surface area contributed by atoms with Crippen LogP contribution >= 0.6 is 0 Å². The minimum atomic E-state index is -0.241. The van der Waals surface area contributed by atoms with Gasteiger partial charge in [-0.05, 0) is 39.5 Å². The van der Waals surface area contributed by atoms with Crippen LogP contribution in [0.15, 0.2) is 0 Å². The first-order valence-corrected chi connectivity index (χ1v) is 6.71. The van der Waals surface area contributed by atoms with Gasteiger partial charge >= 0.3 is 0 Å². The maximum atomic E-state index is 12.0. The average Bonchev–Trinajstić information content (AvgIpc) is 2.24. The lowest BCUT2D eigenvalue weighted by Crippen LogP contribution is -2.44. The Labute approximate surface area is 106 Å². The van der Waals surface area contributed by atoms with E-state index in [-0.39, 0.29) is 18.1 Å². The van der Waals surface area contributed by atoms with Crippen molar-refractivity contribution in [2.24, 2.45) is 5.92 Å². The molecule has 3 nitrogen and oxygen atoms in total. The van der Waals surface area contributed by atoms with Gasteiger partial charge in [-0.25, -0.2) is 0 Å². The van der Waals surface area contributed by atoms with Gasteiger partial charge in [0.25, 0.3) is 0 Å². The van der Waals surface area contributed by atoms with Crippen LogP contribution in [-0.4, -0.2) is 36.1 Å². The highest BCUT2D eigenvalue weighted by molar-refractivity contribution is 5.77. The lowest BCUT2D eigenvalue weighted by Gasteiger charge is -2.36. The highest BCUT2D eigenvalue weighted by atomic mass is 16.5. The van der Waals surface area contributed by atoms with Crippen LogP contribution in [0.1, 0.15) is 53.4 Å². The summed E-state index contributed by atoms with van der Waals surface area (Å²) < 4.78 is 5.55. The SMILES string of the molecule is CC1CCCCC1N(C)C(=O)COC(C)(C)C. The molecule has 1 aliphatic carbocycles. The van der Waals surface area contributed by atoms with Crippen molar-refractivity contribution in [3.05, 3.63) is 0 Å². The van der Waals surface area contributed by atoms with E-state index in [0.717, 1.165) is 6.42 Å². The molecule has 2 atom stereocenters. The highest BCUT2D eigenvalue weighted by Crippen LogP contribution is 2.27. The summed E-state index contributed by atoms with van der Waals surface area (Å²) in [5.41, 5.74) is -0.241. The number of rotatable bonds is 3. The van der Waals surface area contributed by atoms with E-state index in [2.05, 4.69) is 6.92 Å². The number of amides is 1. The van der Waals surface area contributed by atoms with Crippen molar-refractivity contribution in [1.29, 1.82) is 0 Å². The summed E-state index contributed by atoms with van der Waals surface area (Å²) >= 11 is 0. The van der Waals surface area contributed by atoms with E-state index >= 15 is 0 Å². The molecule has 0 N–H and O–H groups in total. The molecule has 0 aromatic rings. The summed E-state index contributed by atoms with van der Waals surface area (Å²) in [5.74, 6) is 0.728. The topological polar surface area (TPSA) is 29.5 Å². The first kappa shape index (κ1) is 14.5. The number of ether oxygens (including phenoxy) is 1.